The van der Waals surface area contributed by atoms with Gasteiger partial charge in [0, 0.05) is 11.4 Å². The second kappa shape index (κ2) is 6.73. The van der Waals surface area contributed by atoms with E-state index in [2.05, 4.69) is 10.1 Å². The van der Waals surface area contributed by atoms with Crippen molar-refractivity contribution in [3.05, 3.63) is 52.7 Å². The van der Waals surface area contributed by atoms with Crippen LogP contribution in [-0.4, -0.2) is 28.2 Å². The lowest BCUT2D eigenvalue weighted by atomic mass is 10.3. The smallest absolute Gasteiger partial charge is 0.406 e. The van der Waals surface area contributed by atoms with Gasteiger partial charge in [-0.3, -0.25) is 0 Å². The van der Waals surface area contributed by atoms with Crippen LogP contribution in [0.25, 0.3) is 0 Å². The number of benzene rings is 1. The number of sulfone groups is 1. The Labute approximate surface area is 127 Å². The molecule has 0 radical (unpaired) electrons. The lowest BCUT2D eigenvalue weighted by Gasteiger charge is -2.17. The Morgan fingerprint density at radius 2 is 1.95 bits per heavy atom. The number of carbonyl (C=O) groups is 1. The first-order chi connectivity index (χ1) is 10.1. The van der Waals surface area contributed by atoms with Gasteiger partial charge in [-0.2, -0.15) is 0 Å². The second-order valence-corrected chi connectivity index (χ2v) is 7.34. The summed E-state index contributed by atoms with van der Waals surface area (Å²) in [5.74, 6) is 0. The van der Waals surface area contributed by atoms with Crippen molar-refractivity contribution in [2.24, 2.45) is 0 Å². The monoisotopic (exact) mass is 325 g/mol. The van der Waals surface area contributed by atoms with E-state index in [1.807, 2.05) is 0 Å². The van der Waals surface area contributed by atoms with Crippen molar-refractivity contribution >= 4 is 27.3 Å². The van der Waals surface area contributed by atoms with Crippen molar-refractivity contribution in [2.75, 3.05) is 13.7 Å². The zero-order valence-electron chi connectivity index (χ0n) is 11.4. The molecule has 0 saturated carbocycles. The molecule has 5 nitrogen and oxygen atoms in total. The minimum atomic E-state index is -3.59. The highest BCUT2D eigenvalue weighted by Gasteiger charge is 2.30. The average Bonchev–Trinajstić information content (AvgIpc) is 3.02. The Kier molecular flexibility index (Phi) is 4.98. The fourth-order valence-electron chi connectivity index (χ4n) is 1.86. The van der Waals surface area contributed by atoms with Crippen LogP contribution in [0.5, 0.6) is 0 Å². The fourth-order valence-corrected chi connectivity index (χ4v) is 4.67. The van der Waals surface area contributed by atoms with Gasteiger partial charge in [0.25, 0.3) is 0 Å². The molecule has 2 rings (SSSR count). The van der Waals surface area contributed by atoms with Crippen molar-refractivity contribution in [1.29, 1.82) is 0 Å². The first-order valence-electron chi connectivity index (χ1n) is 6.20. The molecule has 1 aromatic heterocycles. The fraction of sp³-hybridized carbons (Fsp3) is 0.214. The van der Waals surface area contributed by atoms with Gasteiger partial charge in [-0.05, 0) is 23.6 Å². The molecule has 0 spiro atoms. The molecule has 1 amide bonds. The summed E-state index contributed by atoms with van der Waals surface area (Å²) in [6.07, 6.45) is -0.653. The molecule has 112 valence electrons. The molecule has 1 N–H and O–H groups in total. The summed E-state index contributed by atoms with van der Waals surface area (Å²) in [5, 5.41) is 3.44. The van der Waals surface area contributed by atoms with Gasteiger partial charge in [0.15, 0.2) is 9.84 Å². The molecule has 0 aliphatic rings. The number of rotatable bonds is 5. The third kappa shape index (κ3) is 3.62. The van der Waals surface area contributed by atoms with E-state index in [0.717, 1.165) is 0 Å². The largest absolute Gasteiger partial charge is 0.453 e. The van der Waals surface area contributed by atoms with Gasteiger partial charge in [0.2, 0.25) is 0 Å². The Bertz CT molecular complexity index is 681. The SMILES string of the molecule is COC(=O)NCC(c1cccs1)S(=O)(=O)c1ccccc1. The molecule has 21 heavy (non-hydrogen) atoms. The molecule has 0 bridgehead atoms. The summed E-state index contributed by atoms with van der Waals surface area (Å²) < 4.78 is 30.0. The third-order valence-corrected chi connectivity index (χ3v) is 6.16. The Balaban J connectivity index is 2.33. The van der Waals surface area contributed by atoms with E-state index in [1.54, 1.807) is 47.8 Å². The van der Waals surface area contributed by atoms with Crippen LogP contribution >= 0.6 is 11.3 Å². The molecule has 1 heterocycles. The van der Waals surface area contributed by atoms with E-state index >= 15 is 0 Å². The summed E-state index contributed by atoms with van der Waals surface area (Å²) >= 11 is 1.34. The number of hydrogen-bond acceptors (Lipinski definition) is 5. The molecule has 0 aliphatic heterocycles. The van der Waals surface area contributed by atoms with Gasteiger partial charge in [-0.1, -0.05) is 24.3 Å². The number of alkyl carbamates (subject to hydrolysis) is 1. The maximum Gasteiger partial charge on any atom is 0.406 e. The van der Waals surface area contributed by atoms with E-state index < -0.39 is 21.2 Å². The molecule has 0 fully saturated rings. The van der Waals surface area contributed by atoms with E-state index in [9.17, 15) is 13.2 Å². The molecule has 1 atom stereocenters. The molecule has 1 aromatic carbocycles. The van der Waals surface area contributed by atoms with Gasteiger partial charge in [0.05, 0.1) is 12.0 Å². The minimum absolute atomic E-state index is 0.0373. The number of thiophene rings is 1. The summed E-state index contributed by atoms with van der Waals surface area (Å²) in [7, 11) is -2.35. The van der Waals surface area contributed by atoms with Crippen molar-refractivity contribution in [3.8, 4) is 0 Å². The third-order valence-electron chi connectivity index (χ3n) is 2.92. The Morgan fingerprint density at radius 1 is 1.24 bits per heavy atom. The standard InChI is InChI=1S/C14H15NO4S2/c1-19-14(16)15-10-13(12-8-5-9-20-12)21(17,18)11-6-3-2-4-7-11/h2-9,13H,10H2,1H3,(H,15,16). The van der Waals surface area contributed by atoms with Crippen LogP contribution in [-0.2, 0) is 14.6 Å². The highest BCUT2D eigenvalue weighted by Crippen LogP contribution is 2.31. The molecular weight excluding hydrogens is 310 g/mol. The number of nitrogens with one attached hydrogen (secondary N) is 1. The lowest BCUT2D eigenvalue weighted by molar-refractivity contribution is 0.171. The molecule has 1 unspecified atom stereocenters. The van der Waals surface area contributed by atoms with E-state index in [4.69, 9.17) is 0 Å². The summed E-state index contributed by atoms with van der Waals surface area (Å²) in [4.78, 5) is 12.1. The summed E-state index contributed by atoms with van der Waals surface area (Å²) in [6.45, 7) is -0.0373. The van der Waals surface area contributed by atoms with Gasteiger partial charge in [0.1, 0.15) is 5.25 Å². The number of methoxy groups -OCH3 is 1. The Hall–Kier alpha value is -1.86. The Morgan fingerprint density at radius 3 is 2.52 bits per heavy atom. The predicted molar refractivity (Wildman–Crippen MR) is 81.1 cm³/mol. The normalized spacial score (nSPS) is 12.6. The van der Waals surface area contributed by atoms with Gasteiger partial charge in [-0.25, -0.2) is 13.2 Å². The zero-order valence-corrected chi connectivity index (χ0v) is 13.0. The van der Waals surface area contributed by atoms with Crippen LogP contribution in [0.3, 0.4) is 0 Å². The van der Waals surface area contributed by atoms with Crippen molar-refractivity contribution < 1.29 is 17.9 Å². The average molecular weight is 325 g/mol. The molecule has 2 aromatic rings. The summed E-state index contributed by atoms with van der Waals surface area (Å²) in [6, 6.07) is 11.7. The quantitative estimate of drug-likeness (QED) is 0.917. The highest BCUT2D eigenvalue weighted by molar-refractivity contribution is 7.91. The molecule has 7 heteroatoms. The van der Waals surface area contributed by atoms with Gasteiger partial charge >= 0.3 is 6.09 Å². The topological polar surface area (TPSA) is 72.5 Å². The van der Waals surface area contributed by atoms with Gasteiger partial charge < -0.3 is 10.1 Å². The van der Waals surface area contributed by atoms with E-state index in [0.29, 0.717) is 4.88 Å². The lowest BCUT2D eigenvalue weighted by Crippen LogP contribution is -2.31. The van der Waals surface area contributed by atoms with Crippen molar-refractivity contribution in [2.45, 2.75) is 10.1 Å². The number of ether oxygens (including phenoxy) is 1. The van der Waals surface area contributed by atoms with Crippen LogP contribution in [0, 0.1) is 0 Å². The van der Waals surface area contributed by atoms with Crippen molar-refractivity contribution in [3.63, 3.8) is 0 Å². The maximum atomic E-state index is 12.7. The molecular formula is C14H15NO4S2. The number of carbonyl (C=O) groups excluding carboxylic acids is 1. The van der Waals surface area contributed by atoms with E-state index in [1.165, 1.54) is 18.4 Å². The first kappa shape index (κ1) is 15.5. The maximum absolute atomic E-state index is 12.7. The predicted octanol–water partition coefficient (Wildman–Crippen LogP) is 2.62. The molecule has 0 aliphatic carbocycles. The van der Waals surface area contributed by atoms with Crippen LogP contribution in [0.4, 0.5) is 4.79 Å². The second-order valence-electron chi connectivity index (χ2n) is 4.23. The molecule has 0 saturated heterocycles. The number of amides is 1. The van der Waals surface area contributed by atoms with E-state index in [-0.39, 0.29) is 11.4 Å². The number of hydrogen-bond donors (Lipinski definition) is 1. The highest BCUT2D eigenvalue weighted by atomic mass is 32.2. The van der Waals surface area contributed by atoms with Crippen LogP contribution in [0.15, 0.2) is 52.7 Å². The summed E-state index contributed by atoms with van der Waals surface area (Å²) in [5.41, 5.74) is 0. The zero-order chi connectivity index (χ0) is 15.3. The van der Waals surface area contributed by atoms with Crippen LogP contribution in [0.2, 0.25) is 0 Å². The van der Waals surface area contributed by atoms with Crippen LogP contribution < -0.4 is 5.32 Å². The minimum Gasteiger partial charge on any atom is -0.453 e. The van der Waals surface area contributed by atoms with Crippen molar-refractivity contribution in [1.82, 2.24) is 5.32 Å². The first-order valence-corrected chi connectivity index (χ1v) is 8.62. The van der Waals surface area contributed by atoms with Gasteiger partial charge in [-0.15, -0.1) is 11.3 Å². The van der Waals surface area contributed by atoms with Crippen LogP contribution in [0.1, 0.15) is 10.1 Å².